The summed E-state index contributed by atoms with van der Waals surface area (Å²) < 4.78 is 10.8. The molecular weight excluding hydrogens is 408 g/mol. The summed E-state index contributed by atoms with van der Waals surface area (Å²) in [6, 6.07) is 11.3. The normalized spacial score (nSPS) is 16.0. The molecule has 1 aliphatic rings. The Balaban J connectivity index is 1.83. The number of nitrogens with zero attached hydrogens (tertiary/aromatic N) is 1. The van der Waals surface area contributed by atoms with Gasteiger partial charge in [-0.05, 0) is 59.7 Å². The molecule has 1 N–H and O–H groups in total. The van der Waals surface area contributed by atoms with Gasteiger partial charge in [0.25, 0.3) is 5.91 Å². The topological polar surface area (TPSA) is 59.9 Å². The highest BCUT2D eigenvalue weighted by molar-refractivity contribution is 8.18. The average molecular weight is 427 g/mol. The summed E-state index contributed by atoms with van der Waals surface area (Å²) in [7, 11) is 1.51. The molecule has 148 valence electrons. The van der Waals surface area contributed by atoms with Gasteiger partial charge in [-0.3, -0.25) is 4.79 Å². The lowest BCUT2D eigenvalue weighted by Crippen LogP contribution is -2.19. The van der Waals surface area contributed by atoms with E-state index in [0.29, 0.717) is 32.2 Å². The number of methoxy groups -OCH3 is 1. The van der Waals surface area contributed by atoms with Crippen molar-refractivity contribution in [3.05, 3.63) is 57.5 Å². The van der Waals surface area contributed by atoms with E-state index in [1.807, 2.05) is 24.3 Å². The average Bonchev–Trinajstić information content (AvgIpc) is 3.06. The Morgan fingerprint density at radius 3 is 2.72 bits per heavy atom. The molecule has 0 aromatic heterocycles. The number of aryl methyl sites for hydroxylation is 1. The molecule has 0 atom stereocenters. The van der Waals surface area contributed by atoms with Crippen LogP contribution in [0, 0.1) is 12.3 Å². The molecule has 1 saturated heterocycles. The second-order valence-electron chi connectivity index (χ2n) is 6.03. The first-order valence-electron chi connectivity index (χ1n) is 8.86. The molecule has 0 bridgehead atoms. The minimum Gasteiger partial charge on any atom is -0.493 e. The van der Waals surface area contributed by atoms with E-state index in [-0.39, 0.29) is 12.5 Å². The third kappa shape index (κ3) is 5.14. The summed E-state index contributed by atoms with van der Waals surface area (Å²) in [5.41, 5.74) is 2.72. The molecule has 29 heavy (non-hydrogen) atoms. The van der Waals surface area contributed by atoms with Gasteiger partial charge in [0.15, 0.2) is 16.7 Å². The highest BCUT2D eigenvalue weighted by Gasteiger charge is 2.24. The van der Waals surface area contributed by atoms with E-state index in [0.717, 1.165) is 12.1 Å². The van der Waals surface area contributed by atoms with E-state index < -0.39 is 0 Å². The number of benzene rings is 2. The number of carbonyl (C=O) groups excluding carboxylic acids is 1. The molecule has 7 heteroatoms. The van der Waals surface area contributed by atoms with Crippen molar-refractivity contribution in [1.29, 1.82) is 0 Å². The Kier molecular flexibility index (Phi) is 6.86. The molecule has 1 fully saturated rings. The van der Waals surface area contributed by atoms with Gasteiger partial charge in [-0.2, -0.15) is 0 Å². The molecule has 0 unspecified atom stereocenters. The minimum absolute atomic E-state index is 0.0772. The van der Waals surface area contributed by atoms with Crippen LogP contribution in [0.2, 0.25) is 5.02 Å². The van der Waals surface area contributed by atoms with Gasteiger partial charge in [0, 0.05) is 0 Å². The van der Waals surface area contributed by atoms with Crippen LogP contribution in [-0.2, 0) is 11.2 Å². The molecule has 1 heterocycles. The van der Waals surface area contributed by atoms with Crippen LogP contribution in [0.25, 0.3) is 6.08 Å². The predicted octanol–water partition coefficient (Wildman–Crippen LogP) is 4.81. The highest BCUT2D eigenvalue weighted by Crippen LogP contribution is 2.38. The van der Waals surface area contributed by atoms with Crippen molar-refractivity contribution >= 4 is 46.2 Å². The number of carbonyl (C=O) groups is 1. The van der Waals surface area contributed by atoms with E-state index in [1.54, 1.807) is 18.2 Å². The van der Waals surface area contributed by atoms with Crippen LogP contribution >= 0.6 is 23.4 Å². The first-order valence-corrected chi connectivity index (χ1v) is 10.1. The number of thioether (sulfide) groups is 1. The van der Waals surface area contributed by atoms with Crippen LogP contribution < -0.4 is 14.8 Å². The van der Waals surface area contributed by atoms with Crippen molar-refractivity contribution in [1.82, 2.24) is 5.32 Å². The molecule has 0 saturated carbocycles. The van der Waals surface area contributed by atoms with Crippen molar-refractivity contribution in [2.45, 2.75) is 13.3 Å². The van der Waals surface area contributed by atoms with Crippen LogP contribution in [0.3, 0.4) is 0 Å². The maximum absolute atomic E-state index is 12.3. The Hall–Kier alpha value is -2.88. The quantitative estimate of drug-likeness (QED) is 0.531. The van der Waals surface area contributed by atoms with Crippen molar-refractivity contribution < 1.29 is 14.3 Å². The third-order valence-electron chi connectivity index (χ3n) is 4.08. The van der Waals surface area contributed by atoms with Crippen molar-refractivity contribution in [3.8, 4) is 23.8 Å². The SMILES string of the molecule is C#CCOc1c(Cl)cc(/C=C2\SC(=Nc3ccc(CC)cc3)NC2=O)cc1OC. The van der Waals surface area contributed by atoms with Crippen LogP contribution in [0.5, 0.6) is 11.5 Å². The largest absolute Gasteiger partial charge is 0.493 e. The van der Waals surface area contributed by atoms with E-state index >= 15 is 0 Å². The number of rotatable bonds is 6. The molecular formula is C22H19ClN2O3S. The number of halogens is 1. The van der Waals surface area contributed by atoms with Gasteiger partial charge in [0.05, 0.1) is 22.7 Å². The van der Waals surface area contributed by atoms with E-state index in [2.05, 4.69) is 23.2 Å². The zero-order valence-corrected chi connectivity index (χ0v) is 17.6. The highest BCUT2D eigenvalue weighted by atomic mass is 35.5. The smallest absolute Gasteiger partial charge is 0.264 e. The second kappa shape index (κ2) is 9.55. The van der Waals surface area contributed by atoms with Crippen molar-refractivity contribution in [2.75, 3.05) is 13.7 Å². The number of amidine groups is 1. The van der Waals surface area contributed by atoms with Crippen LogP contribution in [0.4, 0.5) is 5.69 Å². The molecule has 0 radical (unpaired) electrons. The fraction of sp³-hybridized carbons (Fsp3) is 0.182. The summed E-state index contributed by atoms with van der Waals surface area (Å²) in [4.78, 5) is 17.3. The number of terminal acetylenes is 1. The summed E-state index contributed by atoms with van der Waals surface area (Å²) in [5.74, 6) is 2.98. The first-order chi connectivity index (χ1) is 14.0. The number of hydrogen-bond donors (Lipinski definition) is 1. The maximum Gasteiger partial charge on any atom is 0.264 e. The van der Waals surface area contributed by atoms with Crippen molar-refractivity contribution in [2.24, 2.45) is 4.99 Å². The Labute approximate surface area is 179 Å². The molecule has 3 rings (SSSR count). The monoisotopic (exact) mass is 426 g/mol. The summed E-state index contributed by atoms with van der Waals surface area (Å²) in [5, 5.41) is 3.65. The number of aliphatic imine (C=N–C) groups is 1. The Bertz CT molecular complexity index is 1020. The number of amides is 1. The summed E-state index contributed by atoms with van der Waals surface area (Å²) in [6.07, 6.45) is 7.92. The van der Waals surface area contributed by atoms with Crippen molar-refractivity contribution in [3.63, 3.8) is 0 Å². The fourth-order valence-electron chi connectivity index (χ4n) is 2.63. The number of nitrogens with one attached hydrogen (secondary N) is 1. The van der Waals surface area contributed by atoms with Crippen LogP contribution in [0.1, 0.15) is 18.1 Å². The van der Waals surface area contributed by atoms with Crippen LogP contribution in [0.15, 0.2) is 46.3 Å². The fourth-order valence-corrected chi connectivity index (χ4v) is 3.75. The van der Waals surface area contributed by atoms with E-state index in [9.17, 15) is 4.79 Å². The molecule has 0 spiro atoms. The molecule has 0 aliphatic carbocycles. The minimum atomic E-state index is -0.221. The first kappa shape index (κ1) is 20.8. The molecule has 1 amide bonds. The zero-order chi connectivity index (χ0) is 20.8. The lowest BCUT2D eigenvalue weighted by molar-refractivity contribution is -0.115. The third-order valence-corrected chi connectivity index (χ3v) is 5.27. The lowest BCUT2D eigenvalue weighted by Gasteiger charge is -2.11. The summed E-state index contributed by atoms with van der Waals surface area (Å²) >= 11 is 7.56. The molecule has 1 aliphatic heterocycles. The van der Waals surface area contributed by atoms with Crippen LogP contribution in [-0.4, -0.2) is 24.8 Å². The van der Waals surface area contributed by atoms with Gasteiger partial charge in [-0.15, -0.1) is 6.42 Å². The van der Waals surface area contributed by atoms with Gasteiger partial charge >= 0.3 is 0 Å². The van der Waals surface area contributed by atoms with E-state index in [4.69, 9.17) is 27.5 Å². The molecule has 2 aromatic rings. The number of hydrogen-bond acceptors (Lipinski definition) is 5. The maximum atomic E-state index is 12.3. The second-order valence-corrected chi connectivity index (χ2v) is 7.47. The van der Waals surface area contributed by atoms with Gasteiger partial charge in [-0.1, -0.05) is 36.6 Å². The van der Waals surface area contributed by atoms with Gasteiger partial charge in [0.1, 0.15) is 6.61 Å². The predicted molar refractivity (Wildman–Crippen MR) is 119 cm³/mol. The number of ether oxygens (including phenoxy) is 2. The molecule has 2 aromatic carbocycles. The van der Waals surface area contributed by atoms with Gasteiger partial charge in [0.2, 0.25) is 0 Å². The summed E-state index contributed by atoms with van der Waals surface area (Å²) in [6.45, 7) is 2.17. The zero-order valence-electron chi connectivity index (χ0n) is 16.0. The van der Waals surface area contributed by atoms with Gasteiger partial charge in [-0.25, -0.2) is 4.99 Å². The molecule has 5 nitrogen and oxygen atoms in total. The van der Waals surface area contributed by atoms with Gasteiger partial charge < -0.3 is 14.8 Å². The Morgan fingerprint density at radius 2 is 2.07 bits per heavy atom. The van der Waals surface area contributed by atoms with E-state index in [1.165, 1.54) is 24.4 Å². The Morgan fingerprint density at radius 1 is 1.31 bits per heavy atom. The lowest BCUT2D eigenvalue weighted by atomic mass is 10.2. The standard InChI is InChI=1S/C22H19ClN2O3S/c1-4-10-28-20-17(23)11-15(12-18(20)27-3)13-19-21(26)25-22(29-19)24-16-8-6-14(5-2)7-9-16/h1,6-9,11-13H,5,10H2,2-3H3,(H,24,25,26)/b19-13-.